The SMILES string of the molecule is CC1(O)CCCN(C(=O)c2ccc(F)c(F)c2)C1. The van der Waals surface area contributed by atoms with E-state index in [0.29, 0.717) is 19.4 Å². The molecule has 5 heteroatoms. The highest BCUT2D eigenvalue weighted by atomic mass is 19.2. The van der Waals surface area contributed by atoms with Crippen LogP contribution in [0, 0.1) is 11.6 Å². The molecule has 0 spiro atoms. The van der Waals surface area contributed by atoms with Crippen LogP contribution in [0.2, 0.25) is 0 Å². The van der Waals surface area contributed by atoms with Crippen LogP contribution in [0.5, 0.6) is 0 Å². The predicted molar refractivity (Wildman–Crippen MR) is 62.1 cm³/mol. The van der Waals surface area contributed by atoms with Crippen LogP contribution >= 0.6 is 0 Å². The monoisotopic (exact) mass is 255 g/mol. The molecule has 1 aliphatic heterocycles. The molecule has 1 heterocycles. The number of β-amino-alcohol motifs (C(OH)–C–C–N with tert-alkyl or cyclic N) is 1. The second kappa shape index (κ2) is 4.65. The van der Waals surface area contributed by atoms with E-state index in [1.807, 2.05) is 0 Å². The molecule has 98 valence electrons. The number of benzene rings is 1. The van der Waals surface area contributed by atoms with Crippen molar-refractivity contribution < 1.29 is 18.7 Å². The maximum atomic E-state index is 13.1. The zero-order valence-electron chi connectivity index (χ0n) is 10.1. The molecule has 1 atom stereocenters. The van der Waals surface area contributed by atoms with Gasteiger partial charge in [-0.25, -0.2) is 8.78 Å². The molecule has 1 amide bonds. The number of amides is 1. The first kappa shape index (κ1) is 13.0. The summed E-state index contributed by atoms with van der Waals surface area (Å²) in [6.07, 6.45) is 1.33. The normalized spacial score (nSPS) is 24.1. The van der Waals surface area contributed by atoms with E-state index >= 15 is 0 Å². The lowest BCUT2D eigenvalue weighted by molar-refractivity contribution is -0.0107. The summed E-state index contributed by atoms with van der Waals surface area (Å²) in [6.45, 7) is 2.40. The van der Waals surface area contributed by atoms with Crippen LogP contribution in [0.15, 0.2) is 18.2 Å². The minimum absolute atomic E-state index is 0.103. The summed E-state index contributed by atoms with van der Waals surface area (Å²) < 4.78 is 25.9. The van der Waals surface area contributed by atoms with E-state index in [2.05, 4.69) is 0 Å². The summed E-state index contributed by atoms with van der Waals surface area (Å²) in [5.41, 5.74) is -0.807. The van der Waals surface area contributed by atoms with Crippen LogP contribution in [0.1, 0.15) is 30.1 Å². The van der Waals surface area contributed by atoms with Gasteiger partial charge in [0.15, 0.2) is 11.6 Å². The Hall–Kier alpha value is -1.49. The van der Waals surface area contributed by atoms with Crippen molar-refractivity contribution in [1.82, 2.24) is 4.90 Å². The number of nitrogens with zero attached hydrogens (tertiary/aromatic N) is 1. The summed E-state index contributed by atoms with van der Waals surface area (Å²) in [5.74, 6) is -2.39. The Bertz CT molecular complexity index is 474. The number of likely N-dealkylation sites (tertiary alicyclic amines) is 1. The lowest BCUT2D eigenvalue weighted by Gasteiger charge is -2.36. The average molecular weight is 255 g/mol. The van der Waals surface area contributed by atoms with Gasteiger partial charge >= 0.3 is 0 Å². The van der Waals surface area contributed by atoms with Gasteiger partial charge in [0.25, 0.3) is 5.91 Å². The summed E-state index contributed by atoms with van der Waals surface area (Å²) >= 11 is 0. The molecule has 1 saturated heterocycles. The molecule has 0 bridgehead atoms. The number of carbonyl (C=O) groups is 1. The molecule has 1 aliphatic rings. The summed E-state index contributed by atoms with van der Waals surface area (Å²) in [4.78, 5) is 13.5. The molecule has 1 aromatic carbocycles. The maximum Gasteiger partial charge on any atom is 0.254 e. The number of piperidine rings is 1. The maximum absolute atomic E-state index is 13.1. The summed E-state index contributed by atoms with van der Waals surface area (Å²) in [7, 11) is 0. The molecule has 2 rings (SSSR count). The number of aliphatic hydroxyl groups is 1. The first-order valence-electron chi connectivity index (χ1n) is 5.86. The molecule has 3 nitrogen and oxygen atoms in total. The Morgan fingerprint density at radius 1 is 1.39 bits per heavy atom. The Balaban J connectivity index is 2.18. The highest BCUT2D eigenvalue weighted by molar-refractivity contribution is 5.94. The van der Waals surface area contributed by atoms with Crippen molar-refractivity contribution in [2.75, 3.05) is 13.1 Å². The van der Waals surface area contributed by atoms with Crippen molar-refractivity contribution in [3.63, 3.8) is 0 Å². The largest absolute Gasteiger partial charge is 0.388 e. The van der Waals surface area contributed by atoms with E-state index in [-0.39, 0.29) is 18.0 Å². The Morgan fingerprint density at radius 2 is 2.11 bits per heavy atom. The van der Waals surface area contributed by atoms with Gasteiger partial charge in [0, 0.05) is 18.7 Å². The van der Waals surface area contributed by atoms with E-state index in [9.17, 15) is 18.7 Å². The van der Waals surface area contributed by atoms with E-state index in [0.717, 1.165) is 12.1 Å². The molecule has 1 aromatic rings. The molecule has 1 N–H and O–H groups in total. The first-order chi connectivity index (χ1) is 8.39. The number of hydrogen-bond acceptors (Lipinski definition) is 2. The van der Waals surface area contributed by atoms with Gasteiger partial charge in [0.2, 0.25) is 0 Å². The fourth-order valence-corrected chi connectivity index (χ4v) is 2.21. The fourth-order valence-electron chi connectivity index (χ4n) is 2.21. The second-order valence-corrected chi connectivity index (χ2v) is 4.96. The Labute approximate surface area is 104 Å². The van der Waals surface area contributed by atoms with E-state index in [1.54, 1.807) is 6.92 Å². The third-order valence-electron chi connectivity index (χ3n) is 3.13. The van der Waals surface area contributed by atoms with Gasteiger partial charge in [-0.2, -0.15) is 0 Å². The average Bonchev–Trinajstić information content (AvgIpc) is 2.30. The first-order valence-corrected chi connectivity index (χ1v) is 5.86. The molecular weight excluding hydrogens is 240 g/mol. The van der Waals surface area contributed by atoms with Gasteiger partial charge in [-0.1, -0.05) is 0 Å². The van der Waals surface area contributed by atoms with Crippen molar-refractivity contribution in [2.24, 2.45) is 0 Å². The highest BCUT2D eigenvalue weighted by Crippen LogP contribution is 2.22. The molecule has 0 aromatic heterocycles. The van der Waals surface area contributed by atoms with Crippen LogP contribution in [0.4, 0.5) is 8.78 Å². The van der Waals surface area contributed by atoms with Crippen molar-refractivity contribution >= 4 is 5.91 Å². The van der Waals surface area contributed by atoms with Crippen LogP contribution in [0.25, 0.3) is 0 Å². The van der Waals surface area contributed by atoms with Crippen molar-refractivity contribution in [3.05, 3.63) is 35.4 Å². The third kappa shape index (κ3) is 2.67. The zero-order chi connectivity index (χ0) is 13.3. The van der Waals surface area contributed by atoms with Crippen LogP contribution in [0.3, 0.4) is 0 Å². The highest BCUT2D eigenvalue weighted by Gasteiger charge is 2.31. The van der Waals surface area contributed by atoms with Gasteiger partial charge in [-0.15, -0.1) is 0 Å². The molecule has 0 aliphatic carbocycles. The lowest BCUT2D eigenvalue weighted by atomic mass is 9.94. The van der Waals surface area contributed by atoms with Gasteiger partial charge in [-0.3, -0.25) is 4.79 Å². The van der Waals surface area contributed by atoms with Gasteiger partial charge in [0.05, 0.1) is 5.60 Å². The van der Waals surface area contributed by atoms with E-state index in [1.165, 1.54) is 11.0 Å². The second-order valence-electron chi connectivity index (χ2n) is 4.96. The molecule has 18 heavy (non-hydrogen) atoms. The fraction of sp³-hybridized carbons (Fsp3) is 0.462. The smallest absolute Gasteiger partial charge is 0.254 e. The minimum Gasteiger partial charge on any atom is -0.388 e. The minimum atomic E-state index is -1.04. The Morgan fingerprint density at radius 3 is 2.72 bits per heavy atom. The van der Waals surface area contributed by atoms with Crippen molar-refractivity contribution in [1.29, 1.82) is 0 Å². The topological polar surface area (TPSA) is 40.5 Å². The van der Waals surface area contributed by atoms with Crippen molar-refractivity contribution in [2.45, 2.75) is 25.4 Å². The molecule has 0 saturated carbocycles. The Kier molecular flexibility index (Phi) is 3.34. The predicted octanol–water partition coefficient (Wildman–Crippen LogP) is 1.95. The molecular formula is C13H15F2NO2. The van der Waals surface area contributed by atoms with Gasteiger partial charge in [0.1, 0.15) is 0 Å². The molecule has 1 fully saturated rings. The standard InChI is InChI=1S/C13H15F2NO2/c1-13(18)5-2-6-16(8-13)12(17)9-3-4-10(14)11(15)7-9/h3-4,7,18H,2,5-6,8H2,1H3. The van der Waals surface area contributed by atoms with Crippen LogP contribution < -0.4 is 0 Å². The quantitative estimate of drug-likeness (QED) is 0.833. The number of hydrogen-bond donors (Lipinski definition) is 1. The summed E-state index contributed by atoms with van der Waals surface area (Å²) in [6, 6.07) is 3.08. The van der Waals surface area contributed by atoms with Crippen LogP contribution in [-0.2, 0) is 0 Å². The number of halogens is 2. The zero-order valence-corrected chi connectivity index (χ0v) is 10.1. The number of rotatable bonds is 1. The van der Waals surface area contributed by atoms with Gasteiger partial charge < -0.3 is 10.0 Å². The van der Waals surface area contributed by atoms with E-state index in [4.69, 9.17) is 0 Å². The summed E-state index contributed by atoms with van der Waals surface area (Å²) in [5, 5.41) is 9.91. The lowest BCUT2D eigenvalue weighted by Crippen LogP contribution is -2.48. The van der Waals surface area contributed by atoms with Crippen LogP contribution in [-0.4, -0.2) is 34.6 Å². The van der Waals surface area contributed by atoms with Crippen molar-refractivity contribution in [3.8, 4) is 0 Å². The van der Waals surface area contributed by atoms with E-state index < -0.39 is 17.2 Å². The molecule has 1 unspecified atom stereocenters. The third-order valence-corrected chi connectivity index (χ3v) is 3.13. The number of carbonyl (C=O) groups excluding carboxylic acids is 1. The van der Waals surface area contributed by atoms with Gasteiger partial charge in [-0.05, 0) is 38.0 Å². The molecule has 0 radical (unpaired) electrons.